The van der Waals surface area contributed by atoms with E-state index in [2.05, 4.69) is 10.6 Å². The van der Waals surface area contributed by atoms with Crippen molar-refractivity contribution < 1.29 is 14.3 Å². The van der Waals surface area contributed by atoms with Crippen LogP contribution >= 0.6 is 11.6 Å². The highest BCUT2D eigenvalue weighted by molar-refractivity contribution is 6.32. The first-order valence-corrected chi connectivity index (χ1v) is 7.30. The van der Waals surface area contributed by atoms with Crippen molar-refractivity contribution in [1.29, 1.82) is 0 Å². The summed E-state index contributed by atoms with van der Waals surface area (Å²) in [5.74, 6) is 0.103. The van der Waals surface area contributed by atoms with Crippen LogP contribution in [0.4, 0.5) is 5.69 Å². The van der Waals surface area contributed by atoms with Crippen LogP contribution in [0.2, 0.25) is 5.02 Å². The molecule has 0 saturated carbocycles. The second kappa shape index (κ2) is 8.52. The van der Waals surface area contributed by atoms with Gasteiger partial charge < -0.3 is 15.4 Å². The van der Waals surface area contributed by atoms with E-state index in [1.165, 1.54) is 6.92 Å². The van der Waals surface area contributed by atoms with Crippen LogP contribution in [0.3, 0.4) is 0 Å². The van der Waals surface area contributed by atoms with Crippen molar-refractivity contribution in [2.24, 2.45) is 0 Å². The molecule has 1 unspecified atom stereocenters. The summed E-state index contributed by atoms with van der Waals surface area (Å²) in [7, 11) is 0. The summed E-state index contributed by atoms with van der Waals surface area (Å²) in [6.45, 7) is 5.70. The fourth-order valence-corrected chi connectivity index (χ4v) is 2.06. The molecule has 1 aromatic rings. The van der Waals surface area contributed by atoms with Gasteiger partial charge in [0.05, 0.1) is 17.3 Å². The minimum atomic E-state index is -0.235. The Morgan fingerprint density at radius 1 is 1.38 bits per heavy atom. The zero-order valence-corrected chi connectivity index (χ0v) is 13.3. The molecule has 1 rings (SSSR count). The summed E-state index contributed by atoms with van der Waals surface area (Å²) in [5, 5.41) is 5.88. The van der Waals surface area contributed by atoms with Crippen molar-refractivity contribution >= 4 is 29.1 Å². The first-order valence-electron chi connectivity index (χ1n) is 6.92. The number of benzene rings is 1. The lowest BCUT2D eigenvalue weighted by molar-refractivity contribution is -0.120. The van der Waals surface area contributed by atoms with E-state index in [1.807, 2.05) is 6.92 Å². The Kier molecular flexibility index (Phi) is 7.02. The van der Waals surface area contributed by atoms with Crippen LogP contribution in [0.5, 0.6) is 5.75 Å². The molecule has 1 atom stereocenters. The summed E-state index contributed by atoms with van der Waals surface area (Å²) < 4.78 is 5.57. The molecule has 0 aliphatic rings. The van der Waals surface area contributed by atoms with Crippen LogP contribution in [0.15, 0.2) is 18.2 Å². The molecule has 0 aliphatic carbocycles. The minimum absolute atomic E-state index is 0.162. The average Bonchev–Trinajstić information content (AvgIpc) is 2.36. The van der Waals surface area contributed by atoms with Gasteiger partial charge in [0.15, 0.2) is 5.75 Å². The first-order chi connectivity index (χ1) is 9.93. The molecule has 2 N–H and O–H groups in total. The molecule has 1 aromatic carbocycles. The number of rotatable bonds is 7. The van der Waals surface area contributed by atoms with Gasteiger partial charge in [0.2, 0.25) is 11.8 Å². The van der Waals surface area contributed by atoms with Gasteiger partial charge in [-0.05, 0) is 25.5 Å². The molecular weight excluding hydrogens is 292 g/mol. The van der Waals surface area contributed by atoms with Crippen LogP contribution in [0.1, 0.15) is 33.6 Å². The van der Waals surface area contributed by atoms with E-state index in [-0.39, 0.29) is 24.3 Å². The van der Waals surface area contributed by atoms with E-state index < -0.39 is 0 Å². The molecule has 0 fully saturated rings. The fraction of sp³-hybridized carbons (Fsp3) is 0.467. The summed E-state index contributed by atoms with van der Waals surface area (Å²) in [5.41, 5.74) is 0.538. The Bertz CT molecular complexity index is 506. The first kappa shape index (κ1) is 17.3. The van der Waals surface area contributed by atoms with Gasteiger partial charge >= 0.3 is 0 Å². The molecule has 116 valence electrons. The van der Waals surface area contributed by atoms with Crippen molar-refractivity contribution in [2.45, 2.75) is 39.7 Å². The van der Waals surface area contributed by atoms with Crippen LogP contribution in [-0.4, -0.2) is 24.5 Å². The van der Waals surface area contributed by atoms with Gasteiger partial charge in [-0.1, -0.05) is 24.6 Å². The third-order valence-corrected chi connectivity index (χ3v) is 2.93. The second-order valence-electron chi connectivity index (χ2n) is 4.82. The van der Waals surface area contributed by atoms with Crippen molar-refractivity contribution in [2.75, 3.05) is 11.9 Å². The van der Waals surface area contributed by atoms with Gasteiger partial charge in [-0.25, -0.2) is 0 Å². The predicted molar refractivity (Wildman–Crippen MR) is 83.8 cm³/mol. The summed E-state index contributed by atoms with van der Waals surface area (Å²) in [6, 6.07) is 4.95. The number of nitrogens with one attached hydrogen (secondary N) is 2. The number of hydrogen-bond acceptors (Lipinski definition) is 3. The summed E-state index contributed by atoms with van der Waals surface area (Å²) >= 11 is 6.09. The fourth-order valence-electron chi connectivity index (χ4n) is 1.84. The van der Waals surface area contributed by atoms with E-state index in [0.717, 1.165) is 6.42 Å². The van der Waals surface area contributed by atoms with E-state index in [4.69, 9.17) is 16.3 Å². The standard InChI is InChI=1S/C15H21ClN2O3/c1-4-8-21-15-12(16)6-5-7-13(15)18-14(20)9-10(2)17-11(3)19/h5-7,10H,4,8-9H2,1-3H3,(H,17,19)(H,18,20). The normalized spacial score (nSPS) is 11.6. The lowest BCUT2D eigenvalue weighted by atomic mass is 10.2. The minimum Gasteiger partial charge on any atom is -0.490 e. The zero-order valence-electron chi connectivity index (χ0n) is 12.5. The smallest absolute Gasteiger partial charge is 0.226 e. The van der Waals surface area contributed by atoms with Crippen molar-refractivity contribution in [3.05, 3.63) is 23.2 Å². The van der Waals surface area contributed by atoms with Gasteiger partial charge in [-0.15, -0.1) is 0 Å². The average molecular weight is 313 g/mol. The number of carbonyl (C=O) groups excluding carboxylic acids is 2. The molecule has 0 aromatic heterocycles. The SMILES string of the molecule is CCCOc1c(Cl)cccc1NC(=O)CC(C)NC(C)=O. The zero-order chi connectivity index (χ0) is 15.8. The highest BCUT2D eigenvalue weighted by atomic mass is 35.5. The number of ether oxygens (including phenoxy) is 1. The Hall–Kier alpha value is -1.75. The predicted octanol–water partition coefficient (Wildman–Crippen LogP) is 2.98. The number of anilines is 1. The molecule has 0 saturated heterocycles. The molecule has 0 aliphatic heterocycles. The maximum Gasteiger partial charge on any atom is 0.226 e. The number of para-hydroxylation sites is 1. The molecule has 0 radical (unpaired) electrons. The number of hydrogen-bond donors (Lipinski definition) is 2. The summed E-state index contributed by atoms with van der Waals surface area (Å²) in [6.07, 6.45) is 1.03. The maximum absolute atomic E-state index is 12.0. The van der Waals surface area contributed by atoms with Crippen molar-refractivity contribution in [3.63, 3.8) is 0 Å². The molecule has 0 heterocycles. The van der Waals surface area contributed by atoms with Gasteiger partial charge in [0.25, 0.3) is 0 Å². The molecule has 5 nitrogen and oxygen atoms in total. The van der Waals surface area contributed by atoms with E-state index in [0.29, 0.717) is 23.1 Å². The van der Waals surface area contributed by atoms with Gasteiger partial charge in [0.1, 0.15) is 0 Å². The number of amides is 2. The maximum atomic E-state index is 12.0. The number of carbonyl (C=O) groups is 2. The summed E-state index contributed by atoms with van der Waals surface area (Å²) in [4.78, 5) is 22.9. The van der Waals surface area contributed by atoms with E-state index >= 15 is 0 Å². The van der Waals surface area contributed by atoms with Crippen molar-refractivity contribution in [3.8, 4) is 5.75 Å². The molecule has 0 bridgehead atoms. The highest BCUT2D eigenvalue weighted by Gasteiger charge is 2.14. The van der Waals surface area contributed by atoms with Crippen LogP contribution in [0.25, 0.3) is 0 Å². The number of halogens is 1. The van der Waals surface area contributed by atoms with Crippen molar-refractivity contribution in [1.82, 2.24) is 5.32 Å². The third-order valence-electron chi connectivity index (χ3n) is 2.63. The largest absolute Gasteiger partial charge is 0.490 e. The lowest BCUT2D eigenvalue weighted by Crippen LogP contribution is -2.33. The quantitative estimate of drug-likeness (QED) is 0.813. The van der Waals surface area contributed by atoms with Crippen LogP contribution in [-0.2, 0) is 9.59 Å². The topological polar surface area (TPSA) is 67.4 Å². The Morgan fingerprint density at radius 3 is 2.71 bits per heavy atom. The molecular formula is C15H21ClN2O3. The Morgan fingerprint density at radius 2 is 2.10 bits per heavy atom. The van der Waals surface area contributed by atoms with Gasteiger partial charge in [-0.2, -0.15) is 0 Å². The highest BCUT2D eigenvalue weighted by Crippen LogP contribution is 2.33. The van der Waals surface area contributed by atoms with Gasteiger partial charge in [-0.3, -0.25) is 9.59 Å². The second-order valence-corrected chi connectivity index (χ2v) is 5.23. The van der Waals surface area contributed by atoms with Crippen LogP contribution in [0, 0.1) is 0 Å². The molecule has 21 heavy (non-hydrogen) atoms. The lowest BCUT2D eigenvalue weighted by Gasteiger charge is -2.15. The van der Waals surface area contributed by atoms with Gasteiger partial charge in [0, 0.05) is 19.4 Å². The van der Waals surface area contributed by atoms with Crippen LogP contribution < -0.4 is 15.4 Å². The van der Waals surface area contributed by atoms with E-state index in [1.54, 1.807) is 25.1 Å². The third kappa shape index (κ3) is 6.04. The Balaban J connectivity index is 2.71. The molecule has 0 spiro atoms. The monoisotopic (exact) mass is 312 g/mol. The molecule has 2 amide bonds. The Labute approximate surface area is 130 Å². The van der Waals surface area contributed by atoms with E-state index in [9.17, 15) is 9.59 Å². The molecule has 6 heteroatoms.